The van der Waals surface area contributed by atoms with Crippen LogP contribution in [0.1, 0.15) is 6.92 Å². The van der Waals surface area contributed by atoms with Crippen LogP contribution in [0.25, 0.3) is 0 Å². The third kappa shape index (κ3) is 5.24. The second-order valence-electron chi connectivity index (χ2n) is 2.72. The largest absolute Gasteiger partial charge is 0.448 e. The van der Waals surface area contributed by atoms with Crippen LogP contribution in [0.4, 0.5) is 0 Å². The molecule has 0 aromatic carbocycles. The molecule has 0 heterocycles. The average Bonchev–Trinajstić information content (AvgIpc) is 2.10. The van der Waals surface area contributed by atoms with Gasteiger partial charge in [-0.25, -0.2) is 4.79 Å². The minimum atomic E-state index is -1.24. The third-order valence-electron chi connectivity index (χ3n) is 1.34. The average molecular weight is 409 g/mol. The summed E-state index contributed by atoms with van der Waals surface area (Å²) in [6.07, 6.45) is -1.24. The van der Waals surface area contributed by atoms with E-state index in [1.165, 1.54) is 6.92 Å². The van der Waals surface area contributed by atoms with Gasteiger partial charge in [-0.3, -0.25) is 4.79 Å². The van der Waals surface area contributed by atoms with Gasteiger partial charge in [0.25, 0.3) is 0 Å². The molecule has 0 aliphatic heterocycles. The summed E-state index contributed by atoms with van der Waals surface area (Å²) >= 11 is 8.91. The number of ketones is 1. The lowest BCUT2D eigenvalue weighted by molar-refractivity contribution is -0.153. The van der Waals surface area contributed by atoms with Crippen LogP contribution >= 0.6 is 47.8 Å². The van der Waals surface area contributed by atoms with Crippen molar-refractivity contribution in [3.8, 4) is 0 Å². The number of halogens is 3. The number of rotatable bonds is 4. The number of hydrogen-bond acceptors (Lipinski definition) is 4. The molecule has 0 saturated heterocycles. The number of aliphatic hydroxyl groups excluding tert-OH is 1. The van der Waals surface area contributed by atoms with Crippen LogP contribution in [0.15, 0.2) is 12.2 Å². The molecule has 0 aromatic rings. The van der Waals surface area contributed by atoms with Gasteiger partial charge in [0.2, 0.25) is 5.78 Å². The van der Waals surface area contributed by atoms with Crippen LogP contribution < -0.4 is 0 Å². The second kappa shape index (κ2) is 6.12. The molecule has 15 heavy (non-hydrogen) atoms. The predicted molar refractivity (Wildman–Crippen MR) is 66.3 cm³/mol. The molecule has 0 saturated carbocycles. The molecule has 1 atom stereocenters. The molecule has 0 aliphatic carbocycles. The smallest absolute Gasteiger partial charge is 0.333 e. The van der Waals surface area contributed by atoms with Crippen LogP contribution in [0.2, 0.25) is 0 Å². The van der Waals surface area contributed by atoms with Crippen molar-refractivity contribution in [3.05, 3.63) is 12.2 Å². The Hall–Kier alpha value is 0.280. The van der Waals surface area contributed by atoms with E-state index in [9.17, 15) is 9.59 Å². The zero-order valence-electron chi connectivity index (χ0n) is 7.80. The topological polar surface area (TPSA) is 63.6 Å². The Morgan fingerprint density at radius 3 is 2.20 bits per heavy atom. The van der Waals surface area contributed by atoms with Crippen LogP contribution in [-0.2, 0) is 14.3 Å². The van der Waals surface area contributed by atoms with E-state index in [4.69, 9.17) is 9.84 Å². The first kappa shape index (κ1) is 15.3. The highest BCUT2D eigenvalue weighted by Gasteiger charge is 2.37. The van der Waals surface area contributed by atoms with Crippen LogP contribution in [-0.4, -0.2) is 31.7 Å². The number of Topliss-reactive ketones (excluding diaryl/α,β-unsaturated/α-hetero) is 1. The first-order chi connectivity index (χ1) is 6.70. The standard InChI is InChI=1S/C8H9Br3O4/c1-4(2)7(14)15-5(3-12)6(13)8(9,10)11/h5,12H,1,3H2,2H3. The van der Waals surface area contributed by atoms with Crippen molar-refractivity contribution in [1.29, 1.82) is 0 Å². The van der Waals surface area contributed by atoms with E-state index in [2.05, 4.69) is 54.4 Å². The Kier molecular flexibility index (Phi) is 6.24. The van der Waals surface area contributed by atoms with Gasteiger partial charge >= 0.3 is 5.97 Å². The summed E-state index contributed by atoms with van der Waals surface area (Å²) in [5.41, 5.74) is 0.158. The van der Waals surface area contributed by atoms with E-state index in [1.54, 1.807) is 0 Å². The van der Waals surface area contributed by atoms with Crippen LogP contribution in [0.5, 0.6) is 0 Å². The fourth-order valence-corrected chi connectivity index (χ4v) is 1.35. The summed E-state index contributed by atoms with van der Waals surface area (Å²) in [7, 11) is 0. The van der Waals surface area contributed by atoms with Gasteiger partial charge in [0, 0.05) is 5.57 Å². The fourth-order valence-electron chi connectivity index (χ4n) is 0.586. The summed E-state index contributed by atoms with van der Waals surface area (Å²) in [6.45, 7) is 4.22. The molecule has 0 aliphatic rings. The SMILES string of the molecule is C=C(C)C(=O)OC(CO)C(=O)C(Br)(Br)Br. The molecule has 7 heteroatoms. The highest BCUT2D eigenvalue weighted by molar-refractivity contribution is 9.40. The predicted octanol–water partition coefficient (Wildman–Crippen LogP) is 1.87. The van der Waals surface area contributed by atoms with E-state index in [-0.39, 0.29) is 5.57 Å². The zero-order valence-corrected chi connectivity index (χ0v) is 12.6. The van der Waals surface area contributed by atoms with Crippen molar-refractivity contribution in [2.75, 3.05) is 6.61 Å². The van der Waals surface area contributed by atoms with Gasteiger partial charge in [0.05, 0.1) is 6.61 Å². The molecule has 0 aromatic heterocycles. The lowest BCUT2D eigenvalue weighted by Crippen LogP contribution is -2.37. The van der Waals surface area contributed by atoms with Gasteiger partial charge < -0.3 is 9.84 Å². The molecule has 0 radical (unpaired) electrons. The van der Waals surface area contributed by atoms with Gasteiger partial charge in [0.1, 0.15) is 0 Å². The first-order valence-corrected chi connectivity index (χ1v) is 6.16. The molecule has 0 spiro atoms. The van der Waals surface area contributed by atoms with Crippen molar-refractivity contribution in [2.24, 2.45) is 0 Å². The number of ether oxygens (including phenoxy) is 1. The van der Waals surface area contributed by atoms with Crippen LogP contribution in [0.3, 0.4) is 0 Å². The summed E-state index contributed by atoms with van der Waals surface area (Å²) in [4.78, 5) is 22.7. The minimum absolute atomic E-state index is 0.158. The quantitative estimate of drug-likeness (QED) is 0.438. The zero-order chi connectivity index (χ0) is 12.2. The molecular formula is C8H9Br3O4. The van der Waals surface area contributed by atoms with Gasteiger partial charge in [-0.1, -0.05) is 54.4 Å². The Morgan fingerprint density at radius 1 is 1.47 bits per heavy atom. The molecule has 1 N–H and O–H groups in total. The van der Waals surface area contributed by atoms with Crippen molar-refractivity contribution >= 4 is 59.5 Å². The number of carbonyl (C=O) groups is 2. The minimum Gasteiger partial charge on any atom is -0.448 e. The van der Waals surface area contributed by atoms with Gasteiger partial charge in [-0.15, -0.1) is 0 Å². The maximum atomic E-state index is 11.5. The monoisotopic (exact) mass is 406 g/mol. The highest BCUT2D eigenvalue weighted by atomic mass is 80.0. The molecule has 86 valence electrons. The summed E-state index contributed by atoms with van der Waals surface area (Å²) in [5.74, 6) is -1.28. The highest BCUT2D eigenvalue weighted by Crippen LogP contribution is 2.35. The lowest BCUT2D eigenvalue weighted by atomic mass is 10.2. The Balaban J connectivity index is 4.59. The summed E-state index contributed by atoms with van der Waals surface area (Å²) < 4.78 is 3.51. The summed E-state index contributed by atoms with van der Waals surface area (Å²) in [5, 5.41) is 8.90. The van der Waals surface area contributed by atoms with Crippen LogP contribution in [0, 0.1) is 0 Å². The number of carbonyl (C=O) groups excluding carboxylic acids is 2. The molecule has 0 amide bonds. The number of aliphatic hydroxyl groups is 1. The van der Waals surface area contributed by atoms with E-state index in [1.807, 2.05) is 0 Å². The van der Waals surface area contributed by atoms with Crippen molar-refractivity contribution in [3.63, 3.8) is 0 Å². The summed E-state index contributed by atoms with van der Waals surface area (Å²) in [6, 6.07) is 0. The molecule has 1 unspecified atom stereocenters. The van der Waals surface area contributed by atoms with E-state index in [0.29, 0.717) is 0 Å². The van der Waals surface area contributed by atoms with E-state index >= 15 is 0 Å². The Bertz CT molecular complexity index is 282. The third-order valence-corrected chi connectivity index (χ3v) is 2.51. The van der Waals surface area contributed by atoms with Crippen molar-refractivity contribution in [2.45, 2.75) is 15.2 Å². The van der Waals surface area contributed by atoms with Gasteiger partial charge in [0.15, 0.2) is 8.25 Å². The molecule has 0 bridgehead atoms. The molecule has 4 nitrogen and oxygen atoms in total. The lowest BCUT2D eigenvalue weighted by Gasteiger charge is -2.19. The maximum Gasteiger partial charge on any atom is 0.333 e. The number of alkyl halides is 3. The maximum absolute atomic E-state index is 11.5. The van der Waals surface area contributed by atoms with E-state index in [0.717, 1.165) is 0 Å². The van der Waals surface area contributed by atoms with Crippen molar-refractivity contribution in [1.82, 2.24) is 0 Å². The molecule has 0 rings (SSSR count). The van der Waals surface area contributed by atoms with Crippen molar-refractivity contribution < 1.29 is 19.4 Å². The second-order valence-corrected chi connectivity index (χ2v) is 9.48. The number of hydrogen-bond donors (Lipinski definition) is 1. The first-order valence-electron chi connectivity index (χ1n) is 3.78. The number of esters is 1. The fraction of sp³-hybridized carbons (Fsp3) is 0.500. The van der Waals surface area contributed by atoms with Gasteiger partial charge in [-0.2, -0.15) is 0 Å². The van der Waals surface area contributed by atoms with E-state index < -0.39 is 26.6 Å². The Morgan fingerprint density at radius 2 is 1.93 bits per heavy atom. The molecular weight excluding hydrogens is 400 g/mol. The Labute approximate surface area is 112 Å². The van der Waals surface area contributed by atoms with Gasteiger partial charge in [-0.05, 0) is 6.92 Å². The molecule has 0 fully saturated rings. The normalized spacial score (nSPS) is 13.1.